The van der Waals surface area contributed by atoms with Crippen LogP contribution >= 0.6 is 0 Å². The van der Waals surface area contributed by atoms with Gasteiger partial charge in [-0.3, -0.25) is 0 Å². The minimum Gasteiger partial charge on any atom is -0.389 e. The van der Waals surface area contributed by atoms with E-state index in [1.807, 2.05) is 13.8 Å². The average molecular weight is 264 g/mol. The van der Waals surface area contributed by atoms with Crippen molar-refractivity contribution in [1.82, 2.24) is 0 Å². The molecule has 0 aromatic rings. The summed E-state index contributed by atoms with van der Waals surface area (Å²) in [5.41, 5.74) is -0.568. The molecule has 108 valence electrons. The average Bonchev–Trinajstić information content (AvgIpc) is 2.93. The van der Waals surface area contributed by atoms with Gasteiger partial charge in [0.25, 0.3) is 0 Å². The highest BCUT2D eigenvalue weighted by Crippen LogP contribution is 2.66. The molecule has 2 heteroatoms. The third kappa shape index (κ3) is 1.45. The SMILES string of the molecule is CC1C=C2C(C1)C(C)(O)C1(CCCC1)C(C)(O)[C@@H]2C. The molecule has 0 heterocycles. The number of hydrogen-bond donors (Lipinski definition) is 2. The molecule has 0 aromatic carbocycles. The van der Waals surface area contributed by atoms with Crippen molar-refractivity contribution >= 4 is 0 Å². The molecule has 3 aliphatic rings. The molecule has 0 amide bonds. The quantitative estimate of drug-likeness (QED) is 0.659. The summed E-state index contributed by atoms with van der Waals surface area (Å²) in [5.74, 6) is 0.942. The van der Waals surface area contributed by atoms with Crippen LogP contribution in [-0.4, -0.2) is 21.4 Å². The maximum atomic E-state index is 11.4. The Kier molecular flexibility index (Phi) is 2.77. The van der Waals surface area contributed by atoms with Crippen LogP contribution in [-0.2, 0) is 0 Å². The van der Waals surface area contributed by atoms with Crippen LogP contribution in [0.2, 0.25) is 0 Å². The van der Waals surface area contributed by atoms with E-state index in [1.165, 1.54) is 5.57 Å². The molecular formula is C17H28O2. The molecule has 3 aliphatic carbocycles. The van der Waals surface area contributed by atoms with Gasteiger partial charge in [-0.05, 0) is 39.0 Å². The predicted molar refractivity (Wildman–Crippen MR) is 76.7 cm³/mol. The van der Waals surface area contributed by atoms with Crippen molar-refractivity contribution in [3.8, 4) is 0 Å². The van der Waals surface area contributed by atoms with Crippen molar-refractivity contribution in [2.24, 2.45) is 23.2 Å². The Bertz CT molecular complexity index is 413. The van der Waals surface area contributed by atoms with E-state index in [4.69, 9.17) is 0 Å². The number of aliphatic hydroxyl groups is 2. The molecule has 0 radical (unpaired) electrons. The lowest BCUT2D eigenvalue weighted by Crippen LogP contribution is -2.67. The summed E-state index contributed by atoms with van der Waals surface area (Å²) in [5, 5.41) is 22.6. The molecule has 1 spiro atoms. The summed E-state index contributed by atoms with van der Waals surface area (Å²) in [6, 6.07) is 0. The van der Waals surface area contributed by atoms with E-state index in [9.17, 15) is 10.2 Å². The van der Waals surface area contributed by atoms with Crippen LogP contribution in [0.1, 0.15) is 59.8 Å². The minimum atomic E-state index is -0.792. The number of rotatable bonds is 0. The van der Waals surface area contributed by atoms with Crippen molar-refractivity contribution in [3.63, 3.8) is 0 Å². The second kappa shape index (κ2) is 3.85. The van der Waals surface area contributed by atoms with Gasteiger partial charge in [-0.25, -0.2) is 0 Å². The first kappa shape index (κ1) is 13.6. The topological polar surface area (TPSA) is 40.5 Å². The third-order valence-electron chi connectivity index (χ3n) is 6.90. The van der Waals surface area contributed by atoms with Gasteiger partial charge in [-0.15, -0.1) is 0 Å². The molecule has 2 fully saturated rings. The van der Waals surface area contributed by atoms with Gasteiger partial charge in [0.05, 0.1) is 11.2 Å². The molecule has 2 N–H and O–H groups in total. The molecule has 2 nitrogen and oxygen atoms in total. The lowest BCUT2D eigenvalue weighted by Gasteiger charge is -2.61. The van der Waals surface area contributed by atoms with Gasteiger partial charge in [-0.1, -0.05) is 38.3 Å². The van der Waals surface area contributed by atoms with Crippen LogP contribution in [0.5, 0.6) is 0 Å². The second-order valence-electron chi connectivity index (χ2n) is 7.74. The molecule has 0 saturated heterocycles. The van der Waals surface area contributed by atoms with Gasteiger partial charge >= 0.3 is 0 Å². The maximum Gasteiger partial charge on any atom is 0.0768 e. The standard InChI is InChI=1S/C17H28O2/c1-11-9-13-12(2)15(3,18)17(7-5-6-8-17)16(4,19)14(13)10-11/h9,11-12,14,18-19H,5-8,10H2,1-4H3/t11?,12-,14?,15?,16?/m1/s1. The zero-order valence-electron chi connectivity index (χ0n) is 12.7. The van der Waals surface area contributed by atoms with E-state index < -0.39 is 11.2 Å². The molecule has 0 aromatic heterocycles. The fourth-order valence-electron chi connectivity index (χ4n) is 5.60. The largest absolute Gasteiger partial charge is 0.389 e. The Labute approximate surface area is 116 Å². The van der Waals surface area contributed by atoms with Crippen LogP contribution in [0.3, 0.4) is 0 Å². The third-order valence-corrected chi connectivity index (χ3v) is 6.90. The van der Waals surface area contributed by atoms with E-state index in [0.717, 1.165) is 32.1 Å². The highest BCUT2D eigenvalue weighted by molar-refractivity contribution is 5.33. The van der Waals surface area contributed by atoms with Crippen LogP contribution < -0.4 is 0 Å². The summed E-state index contributed by atoms with van der Waals surface area (Å²) in [6.07, 6.45) is 7.57. The zero-order valence-corrected chi connectivity index (χ0v) is 12.7. The highest BCUT2D eigenvalue weighted by Gasteiger charge is 2.68. The maximum absolute atomic E-state index is 11.4. The van der Waals surface area contributed by atoms with Gasteiger partial charge < -0.3 is 10.2 Å². The molecule has 4 unspecified atom stereocenters. The summed E-state index contributed by atoms with van der Waals surface area (Å²) in [6.45, 7) is 8.35. The van der Waals surface area contributed by atoms with E-state index in [2.05, 4.69) is 19.9 Å². The van der Waals surface area contributed by atoms with E-state index in [0.29, 0.717) is 5.92 Å². The highest BCUT2D eigenvalue weighted by atomic mass is 16.3. The van der Waals surface area contributed by atoms with Crippen molar-refractivity contribution < 1.29 is 10.2 Å². The summed E-state index contributed by atoms with van der Waals surface area (Å²) < 4.78 is 0. The van der Waals surface area contributed by atoms with Gasteiger partial charge in [0.2, 0.25) is 0 Å². The van der Waals surface area contributed by atoms with Crippen LogP contribution in [0.4, 0.5) is 0 Å². The molecule has 0 bridgehead atoms. The van der Waals surface area contributed by atoms with Crippen LogP contribution in [0, 0.1) is 23.2 Å². The van der Waals surface area contributed by atoms with Crippen LogP contribution in [0.15, 0.2) is 11.6 Å². The Morgan fingerprint density at radius 2 is 1.63 bits per heavy atom. The van der Waals surface area contributed by atoms with E-state index in [-0.39, 0.29) is 17.3 Å². The van der Waals surface area contributed by atoms with Gasteiger partial charge in [0.1, 0.15) is 0 Å². The second-order valence-corrected chi connectivity index (χ2v) is 7.74. The van der Waals surface area contributed by atoms with Gasteiger partial charge in [-0.2, -0.15) is 0 Å². The Morgan fingerprint density at radius 3 is 2.21 bits per heavy atom. The van der Waals surface area contributed by atoms with Gasteiger partial charge in [0.15, 0.2) is 0 Å². The Hall–Kier alpha value is -0.340. The number of allylic oxidation sites excluding steroid dienone is 1. The number of fused-ring (bicyclic) bond motifs is 1. The summed E-state index contributed by atoms with van der Waals surface area (Å²) in [4.78, 5) is 0. The molecule has 0 aliphatic heterocycles. The Balaban J connectivity index is 2.14. The molecule has 3 rings (SSSR count). The fraction of sp³-hybridized carbons (Fsp3) is 0.882. The van der Waals surface area contributed by atoms with Gasteiger partial charge in [0, 0.05) is 17.3 Å². The summed E-state index contributed by atoms with van der Waals surface area (Å²) >= 11 is 0. The predicted octanol–water partition coefficient (Wildman–Crippen LogP) is 3.28. The van der Waals surface area contributed by atoms with E-state index >= 15 is 0 Å². The van der Waals surface area contributed by atoms with E-state index in [1.54, 1.807) is 0 Å². The normalized spacial score (nSPS) is 52.3. The van der Waals surface area contributed by atoms with Crippen molar-refractivity contribution in [1.29, 1.82) is 0 Å². The smallest absolute Gasteiger partial charge is 0.0768 e. The Morgan fingerprint density at radius 1 is 1.05 bits per heavy atom. The number of hydrogen-bond acceptors (Lipinski definition) is 2. The van der Waals surface area contributed by atoms with Crippen molar-refractivity contribution in [3.05, 3.63) is 11.6 Å². The molecule has 19 heavy (non-hydrogen) atoms. The molecule has 2 saturated carbocycles. The minimum absolute atomic E-state index is 0.167. The van der Waals surface area contributed by atoms with Crippen molar-refractivity contribution in [2.75, 3.05) is 0 Å². The molecular weight excluding hydrogens is 236 g/mol. The first-order chi connectivity index (χ1) is 8.74. The lowest BCUT2D eigenvalue weighted by molar-refractivity contribution is -0.233. The molecule has 5 atom stereocenters. The zero-order chi connectivity index (χ0) is 14.1. The van der Waals surface area contributed by atoms with Crippen molar-refractivity contribution in [2.45, 2.75) is 71.0 Å². The fourth-order valence-corrected chi connectivity index (χ4v) is 5.60. The van der Waals surface area contributed by atoms with Crippen LogP contribution in [0.25, 0.3) is 0 Å². The summed E-state index contributed by atoms with van der Waals surface area (Å²) in [7, 11) is 0. The lowest BCUT2D eigenvalue weighted by atomic mass is 9.47. The monoisotopic (exact) mass is 264 g/mol. The first-order valence-electron chi connectivity index (χ1n) is 7.90. The first-order valence-corrected chi connectivity index (χ1v) is 7.90.